The second-order valence-electron chi connectivity index (χ2n) is 5.66. The van der Waals surface area contributed by atoms with Crippen molar-refractivity contribution in [2.75, 3.05) is 6.54 Å². The highest BCUT2D eigenvalue weighted by Crippen LogP contribution is 2.15. The Morgan fingerprint density at radius 1 is 1.08 bits per heavy atom. The Bertz CT molecular complexity index is 818. The SMILES string of the molecule is C=C(NNC(=O)CNC(=O)c1cccc(F)c1)c1ccc(C)cc1C. The summed E-state index contributed by atoms with van der Waals surface area (Å²) in [5.74, 6) is -1.48. The largest absolute Gasteiger partial charge is 0.343 e. The highest BCUT2D eigenvalue weighted by atomic mass is 19.1. The summed E-state index contributed by atoms with van der Waals surface area (Å²) in [6.07, 6.45) is 0. The fraction of sp³-hybridized carbons (Fsp3) is 0.158. The van der Waals surface area contributed by atoms with Crippen molar-refractivity contribution in [1.29, 1.82) is 0 Å². The molecule has 0 radical (unpaired) electrons. The van der Waals surface area contributed by atoms with Crippen molar-refractivity contribution in [2.45, 2.75) is 13.8 Å². The van der Waals surface area contributed by atoms with Gasteiger partial charge in [0.2, 0.25) is 0 Å². The van der Waals surface area contributed by atoms with Crippen molar-refractivity contribution < 1.29 is 14.0 Å². The summed E-state index contributed by atoms with van der Waals surface area (Å²) in [7, 11) is 0. The van der Waals surface area contributed by atoms with Crippen LogP contribution in [-0.4, -0.2) is 18.4 Å². The number of carbonyl (C=O) groups is 2. The van der Waals surface area contributed by atoms with Crippen molar-refractivity contribution in [3.8, 4) is 0 Å². The van der Waals surface area contributed by atoms with Crippen LogP contribution < -0.4 is 16.2 Å². The van der Waals surface area contributed by atoms with Gasteiger partial charge in [0.05, 0.1) is 12.2 Å². The van der Waals surface area contributed by atoms with Gasteiger partial charge in [0.15, 0.2) is 0 Å². The predicted octanol–water partition coefficient (Wildman–Crippen LogP) is 2.46. The molecule has 2 rings (SSSR count). The second-order valence-corrected chi connectivity index (χ2v) is 5.66. The number of benzene rings is 2. The molecule has 2 amide bonds. The Morgan fingerprint density at radius 2 is 1.84 bits per heavy atom. The van der Waals surface area contributed by atoms with Crippen molar-refractivity contribution in [1.82, 2.24) is 16.2 Å². The van der Waals surface area contributed by atoms with E-state index in [2.05, 4.69) is 22.7 Å². The summed E-state index contributed by atoms with van der Waals surface area (Å²) in [6, 6.07) is 11.1. The van der Waals surface area contributed by atoms with Crippen LogP contribution in [-0.2, 0) is 4.79 Å². The highest BCUT2D eigenvalue weighted by Gasteiger charge is 2.09. The van der Waals surface area contributed by atoms with Gasteiger partial charge in [-0.1, -0.05) is 36.4 Å². The van der Waals surface area contributed by atoms with E-state index >= 15 is 0 Å². The molecule has 0 bridgehead atoms. The Morgan fingerprint density at radius 3 is 2.52 bits per heavy atom. The quantitative estimate of drug-likeness (QED) is 0.707. The van der Waals surface area contributed by atoms with Crippen LogP contribution in [0.25, 0.3) is 5.70 Å². The number of hydrogen-bond acceptors (Lipinski definition) is 3. The monoisotopic (exact) mass is 341 g/mol. The first-order chi connectivity index (χ1) is 11.9. The van der Waals surface area contributed by atoms with Crippen LogP contribution in [0.2, 0.25) is 0 Å². The minimum atomic E-state index is -0.525. The molecule has 25 heavy (non-hydrogen) atoms. The number of aryl methyl sites for hydroxylation is 2. The standard InChI is InChI=1S/C19H20FN3O2/c1-12-7-8-17(13(2)9-12)14(3)22-23-18(24)11-21-19(25)15-5-4-6-16(20)10-15/h4-10,22H,3,11H2,1-2H3,(H,21,25)(H,23,24). The third-order valence-corrected chi connectivity index (χ3v) is 3.56. The lowest BCUT2D eigenvalue weighted by atomic mass is 10.0. The van der Waals surface area contributed by atoms with E-state index in [0.717, 1.165) is 22.8 Å². The van der Waals surface area contributed by atoms with Crippen LogP contribution in [0.1, 0.15) is 27.0 Å². The fourth-order valence-electron chi connectivity index (χ4n) is 2.30. The third kappa shape index (κ3) is 5.17. The lowest BCUT2D eigenvalue weighted by Gasteiger charge is -2.14. The smallest absolute Gasteiger partial charge is 0.257 e. The molecule has 0 saturated heterocycles. The number of hydrogen-bond donors (Lipinski definition) is 3. The molecule has 0 aliphatic carbocycles. The summed E-state index contributed by atoms with van der Waals surface area (Å²) in [4.78, 5) is 23.7. The minimum Gasteiger partial charge on any atom is -0.343 e. The van der Waals surface area contributed by atoms with Gasteiger partial charge in [0.25, 0.3) is 11.8 Å². The van der Waals surface area contributed by atoms with E-state index in [-0.39, 0.29) is 12.1 Å². The summed E-state index contributed by atoms with van der Waals surface area (Å²) in [5, 5.41) is 2.42. The van der Waals surface area contributed by atoms with Crippen molar-refractivity contribution in [3.05, 3.63) is 77.1 Å². The van der Waals surface area contributed by atoms with Crippen molar-refractivity contribution >= 4 is 17.5 Å². The molecule has 0 heterocycles. The Balaban J connectivity index is 1.82. The van der Waals surface area contributed by atoms with Gasteiger partial charge in [-0.25, -0.2) is 4.39 Å². The molecule has 0 spiro atoms. The van der Waals surface area contributed by atoms with Crippen LogP contribution in [0.5, 0.6) is 0 Å². The van der Waals surface area contributed by atoms with E-state index in [1.165, 1.54) is 18.2 Å². The van der Waals surface area contributed by atoms with Crippen LogP contribution in [0.15, 0.2) is 49.0 Å². The maximum absolute atomic E-state index is 13.1. The summed E-state index contributed by atoms with van der Waals surface area (Å²) in [6.45, 7) is 7.59. The number of rotatable bonds is 6. The second kappa shape index (κ2) is 8.10. The minimum absolute atomic E-state index is 0.153. The normalized spacial score (nSPS) is 10.0. The van der Waals surface area contributed by atoms with Gasteiger partial charge in [-0.2, -0.15) is 0 Å². The van der Waals surface area contributed by atoms with Gasteiger partial charge in [-0.05, 0) is 37.6 Å². The molecule has 0 fully saturated rings. The van der Waals surface area contributed by atoms with Crippen molar-refractivity contribution in [3.63, 3.8) is 0 Å². The van der Waals surface area contributed by atoms with E-state index < -0.39 is 17.6 Å². The van der Waals surface area contributed by atoms with Crippen LogP contribution in [0, 0.1) is 19.7 Å². The lowest BCUT2D eigenvalue weighted by molar-refractivity contribution is -0.120. The van der Waals surface area contributed by atoms with Crippen molar-refractivity contribution in [2.24, 2.45) is 0 Å². The fourth-order valence-corrected chi connectivity index (χ4v) is 2.30. The molecule has 130 valence electrons. The van der Waals surface area contributed by atoms with Gasteiger partial charge in [0.1, 0.15) is 5.82 Å². The average Bonchev–Trinajstić information content (AvgIpc) is 2.57. The average molecular weight is 341 g/mol. The zero-order valence-corrected chi connectivity index (χ0v) is 14.2. The van der Waals surface area contributed by atoms with E-state index in [0.29, 0.717) is 5.70 Å². The first-order valence-electron chi connectivity index (χ1n) is 7.72. The van der Waals surface area contributed by atoms with E-state index in [1.807, 2.05) is 32.0 Å². The number of amides is 2. The van der Waals surface area contributed by atoms with Gasteiger partial charge in [0, 0.05) is 11.1 Å². The molecule has 0 aliphatic heterocycles. The summed E-state index contributed by atoms with van der Waals surface area (Å²) >= 11 is 0. The van der Waals surface area contributed by atoms with E-state index in [1.54, 1.807) is 0 Å². The van der Waals surface area contributed by atoms with Gasteiger partial charge in [-0.3, -0.25) is 20.4 Å². The Hall–Kier alpha value is -3.15. The molecule has 0 aliphatic rings. The molecule has 0 saturated carbocycles. The number of hydrazine groups is 1. The molecule has 2 aromatic rings. The molecule has 6 heteroatoms. The van der Waals surface area contributed by atoms with Crippen LogP contribution in [0.4, 0.5) is 4.39 Å². The zero-order chi connectivity index (χ0) is 18.4. The van der Waals surface area contributed by atoms with Crippen LogP contribution in [0.3, 0.4) is 0 Å². The molecular weight excluding hydrogens is 321 g/mol. The van der Waals surface area contributed by atoms with E-state index in [4.69, 9.17) is 0 Å². The molecular formula is C19H20FN3O2. The summed E-state index contributed by atoms with van der Waals surface area (Å²) in [5.41, 5.74) is 8.94. The van der Waals surface area contributed by atoms with Gasteiger partial charge in [-0.15, -0.1) is 0 Å². The first-order valence-corrected chi connectivity index (χ1v) is 7.72. The predicted molar refractivity (Wildman–Crippen MR) is 95.0 cm³/mol. The third-order valence-electron chi connectivity index (χ3n) is 3.56. The number of halogens is 1. The Labute approximate surface area is 145 Å². The first kappa shape index (κ1) is 18.2. The number of nitrogens with one attached hydrogen (secondary N) is 3. The molecule has 0 atom stereocenters. The van der Waals surface area contributed by atoms with E-state index in [9.17, 15) is 14.0 Å². The molecule has 0 aromatic heterocycles. The van der Waals surface area contributed by atoms with Crippen LogP contribution >= 0.6 is 0 Å². The molecule has 2 aromatic carbocycles. The maximum atomic E-state index is 13.1. The molecule has 5 nitrogen and oxygen atoms in total. The van der Waals surface area contributed by atoms with Gasteiger partial charge < -0.3 is 5.32 Å². The molecule has 3 N–H and O–H groups in total. The Kier molecular flexibility index (Phi) is 5.89. The number of carbonyl (C=O) groups excluding carboxylic acids is 2. The summed E-state index contributed by atoms with van der Waals surface area (Å²) < 4.78 is 13.1. The van der Waals surface area contributed by atoms with Gasteiger partial charge >= 0.3 is 0 Å². The highest BCUT2D eigenvalue weighted by molar-refractivity contribution is 5.96. The zero-order valence-electron chi connectivity index (χ0n) is 14.2. The topological polar surface area (TPSA) is 70.2 Å². The lowest BCUT2D eigenvalue weighted by Crippen LogP contribution is -2.43. The maximum Gasteiger partial charge on any atom is 0.257 e. The molecule has 0 unspecified atom stereocenters.